The van der Waals surface area contributed by atoms with E-state index in [2.05, 4.69) is 15.9 Å². The van der Waals surface area contributed by atoms with Crippen molar-refractivity contribution >= 4 is 21.7 Å². The second kappa shape index (κ2) is 6.18. The lowest BCUT2D eigenvalue weighted by Gasteiger charge is -2.10. The minimum absolute atomic E-state index is 0.0463. The van der Waals surface area contributed by atoms with Crippen LogP contribution in [0.1, 0.15) is 29.8 Å². The lowest BCUT2D eigenvalue weighted by molar-refractivity contribution is 0.103. The normalized spacial score (nSPS) is 10.7. The van der Waals surface area contributed by atoms with Crippen LogP contribution < -0.4 is 4.74 Å². The van der Waals surface area contributed by atoms with E-state index >= 15 is 0 Å². The summed E-state index contributed by atoms with van der Waals surface area (Å²) in [7, 11) is 0. The molecule has 20 heavy (non-hydrogen) atoms. The maximum atomic E-state index is 13.8. The summed E-state index contributed by atoms with van der Waals surface area (Å²) >= 11 is 3.21. The van der Waals surface area contributed by atoms with Gasteiger partial charge in [0.05, 0.1) is 11.7 Å². The largest absolute Gasteiger partial charge is 0.491 e. The Morgan fingerprint density at radius 3 is 2.35 bits per heavy atom. The fraction of sp³-hybridized carbons (Fsp3) is 0.188. The highest BCUT2D eigenvalue weighted by Gasteiger charge is 2.17. The average molecular weight is 337 g/mol. The molecule has 0 aromatic heterocycles. The van der Waals surface area contributed by atoms with Gasteiger partial charge in [0.15, 0.2) is 5.78 Å². The van der Waals surface area contributed by atoms with Crippen LogP contribution in [0.25, 0.3) is 0 Å². The molecule has 0 N–H and O–H groups in total. The van der Waals surface area contributed by atoms with Gasteiger partial charge in [-0.3, -0.25) is 4.79 Å². The van der Waals surface area contributed by atoms with Crippen LogP contribution in [0.2, 0.25) is 0 Å². The summed E-state index contributed by atoms with van der Waals surface area (Å²) in [6, 6.07) is 11.2. The van der Waals surface area contributed by atoms with Crippen molar-refractivity contribution in [2.24, 2.45) is 0 Å². The van der Waals surface area contributed by atoms with Crippen LogP contribution in [0.15, 0.2) is 46.9 Å². The van der Waals surface area contributed by atoms with Gasteiger partial charge in [0, 0.05) is 10.0 Å². The third-order valence-electron chi connectivity index (χ3n) is 2.68. The van der Waals surface area contributed by atoms with Crippen molar-refractivity contribution in [2.75, 3.05) is 0 Å². The molecule has 4 heteroatoms. The van der Waals surface area contributed by atoms with E-state index in [4.69, 9.17) is 4.74 Å². The van der Waals surface area contributed by atoms with Gasteiger partial charge in [0.25, 0.3) is 0 Å². The average Bonchev–Trinajstić information content (AvgIpc) is 2.38. The van der Waals surface area contributed by atoms with Gasteiger partial charge in [-0.15, -0.1) is 0 Å². The van der Waals surface area contributed by atoms with Gasteiger partial charge in [-0.05, 0) is 66.2 Å². The number of carbonyl (C=O) groups is 1. The fourth-order valence-electron chi connectivity index (χ4n) is 1.82. The van der Waals surface area contributed by atoms with Crippen LogP contribution in [0, 0.1) is 5.82 Å². The minimum Gasteiger partial charge on any atom is -0.491 e. The first-order chi connectivity index (χ1) is 9.49. The topological polar surface area (TPSA) is 26.3 Å². The molecule has 0 saturated heterocycles. The van der Waals surface area contributed by atoms with Gasteiger partial charge in [0.2, 0.25) is 0 Å². The first-order valence-electron chi connectivity index (χ1n) is 6.24. The highest BCUT2D eigenvalue weighted by Crippen LogP contribution is 2.24. The standard InChI is InChI=1S/C16H14BrFO2/c1-10(2)20-12-8-6-11(7-9-12)16(19)15-13(17)4-3-5-14(15)18/h3-10H,1-2H3. The Morgan fingerprint density at radius 2 is 1.80 bits per heavy atom. The van der Waals surface area contributed by atoms with Crippen molar-refractivity contribution in [3.63, 3.8) is 0 Å². The summed E-state index contributed by atoms with van der Waals surface area (Å²) in [5, 5.41) is 0. The van der Waals surface area contributed by atoms with Crippen LogP contribution in [0.3, 0.4) is 0 Å². The zero-order chi connectivity index (χ0) is 14.7. The SMILES string of the molecule is CC(C)Oc1ccc(C(=O)c2c(F)cccc2Br)cc1. The zero-order valence-electron chi connectivity index (χ0n) is 11.2. The molecule has 0 unspecified atom stereocenters. The minimum atomic E-state index is -0.535. The van der Waals surface area contributed by atoms with E-state index in [0.29, 0.717) is 15.8 Å². The van der Waals surface area contributed by atoms with Crippen molar-refractivity contribution < 1.29 is 13.9 Å². The Labute approximate surface area is 125 Å². The maximum Gasteiger partial charge on any atom is 0.197 e. The quantitative estimate of drug-likeness (QED) is 0.762. The molecule has 0 heterocycles. The molecule has 0 aliphatic heterocycles. The maximum absolute atomic E-state index is 13.8. The molecule has 104 valence electrons. The molecule has 0 aliphatic carbocycles. The van der Waals surface area contributed by atoms with E-state index < -0.39 is 5.82 Å². The molecule has 0 saturated carbocycles. The number of rotatable bonds is 4. The summed E-state index contributed by atoms with van der Waals surface area (Å²) in [5.41, 5.74) is 0.469. The second-order valence-corrected chi connectivity index (χ2v) is 5.47. The van der Waals surface area contributed by atoms with Crippen molar-refractivity contribution in [2.45, 2.75) is 20.0 Å². The molecule has 0 radical (unpaired) electrons. The fourth-order valence-corrected chi connectivity index (χ4v) is 2.34. The third-order valence-corrected chi connectivity index (χ3v) is 3.34. The molecule has 0 fully saturated rings. The van der Waals surface area contributed by atoms with E-state index in [0.717, 1.165) is 0 Å². The highest BCUT2D eigenvalue weighted by atomic mass is 79.9. The summed E-state index contributed by atoms with van der Waals surface area (Å²) in [6.45, 7) is 3.85. The number of ketones is 1. The second-order valence-electron chi connectivity index (χ2n) is 4.62. The van der Waals surface area contributed by atoms with E-state index in [9.17, 15) is 9.18 Å². The van der Waals surface area contributed by atoms with E-state index in [1.165, 1.54) is 6.07 Å². The number of hydrogen-bond donors (Lipinski definition) is 0. The van der Waals surface area contributed by atoms with E-state index in [-0.39, 0.29) is 17.5 Å². The van der Waals surface area contributed by atoms with Crippen molar-refractivity contribution in [1.29, 1.82) is 0 Å². The van der Waals surface area contributed by atoms with Crippen LogP contribution in [0.4, 0.5) is 4.39 Å². The Balaban J connectivity index is 2.30. The molecular formula is C16H14BrFO2. The van der Waals surface area contributed by atoms with Crippen LogP contribution >= 0.6 is 15.9 Å². The predicted molar refractivity (Wildman–Crippen MR) is 79.7 cm³/mol. The predicted octanol–water partition coefficient (Wildman–Crippen LogP) is 4.61. The molecule has 0 atom stereocenters. The first kappa shape index (κ1) is 14.7. The first-order valence-corrected chi connectivity index (χ1v) is 7.03. The molecular weight excluding hydrogens is 323 g/mol. The van der Waals surface area contributed by atoms with Gasteiger partial charge in [-0.1, -0.05) is 6.07 Å². The van der Waals surface area contributed by atoms with Crippen LogP contribution in [0.5, 0.6) is 5.75 Å². The van der Waals surface area contributed by atoms with E-state index in [1.54, 1.807) is 36.4 Å². The van der Waals surface area contributed by atoms with E-state index in [1.807, 2.05) is 13.8 Å². The van der Waals surface area contributed by atoms with Gasteiger partial charge < -0.3 is 4.74 Å². The summed E-state index contributed by atoms with van der Waals surface area (Å²) in [5.74, 6) is -0.206. The zero-order valence-corrected chi connectivity index (χ0v) is 12.8. The molecule has 0 spiro atoms. The number of halogens is 2. The Bertz CT molecular complexity index is 601. The summed E-state index contributed by atoms with van der Waals surface area (Å²) in [4.78, 5) is 12.3. The Hall–Kier alpha value is -1.68. The van der Waals surface area contributed by atoms with Crippen molar-refractivity contribution in [1.82, 2.24) is 0 Å². The summed E-state index contributed by atoms with van der Waals surface area (Å²) < 4.78 is 19.7. The number of hydrogen-bond acceptors (Lipinski definition) is 2. The van der Waals surface area contributed by atoms with Gasteiger partial charge in [-0.25, -0.2) is 4.39 Å². The molecule has 0 bridgehead atoms. The number of carbonyl (C=O) groups excluding carboxylic acids is 1. The molecule has 2 nitrogen and oxygen atoms in total. The van der Waals surface area contributed by atoms with Gasteiger partial charge in [-0.2, -0.15) is 0 Å². The smallest absolute Gasteiger partial charge is 0.197 e. The molecule has 2 aromatic carbocycles. The third kappa shape index (κ3) is 3.25. The summed E-state index contributed by atoms with van der Waals surface area (Å²) in [6.07, 6.45) is 0.0669. The lowest BCUT2D eigenvalue weighted by Crippen LogP contribution is -2.07. The van der Waals surface area contributed by atoms with Gasteiger partial charge >= 0.3 is 0 Å². The molecule has 0 amide bonds. The Kier molecular flexibility index (Phi) is 4.55. The van der Waals surface area contributed by atoms with Crippen LogP contribution in [-0.2, 0) is 0 Å². The monoisotopic (exact) mass is 336 g/mol. The van der Waals surface area contributed by atoms with Crippen molar-refractivity contribution in [3.05, 3.63) is 63.9 Å². The number of ether oxygens (including phenoxy) is 1. The molecule has 2 rings (SSSR count). The number of benzene rings is 2. The van der Waals surface area contributed by atoms with Crippen LogP contribution in [-0.4, -0.2) is 11.9 Å². The van der Waals surface area contributed by atoms with Gasteiger partial charge in [0.1, 0.15) is 11.6 Å². The lowest BCUT2D eigenvalue weighted by atomic mass is 10.0. The molecule has 2 aromatic rings. The Morgan fingerprint density at radius 1 is 1.15 bits per heavy atom. The van der Waals surface area contributed by atoms with Crippen molar-refractivity contribution in [3.8, 4) is 5.75 Å². The molecule has 0 aliphatic rings. The highest BCUT2D eigenvalue weighted by molar-refractivity contribution is 9.10.